The predicted octanol–water partition coefficient (Wildman–Crippen LogP) is 3.35. The summed E-state index contributed by atoms with van der Waals surface area (Å²) in [7, 11) is 1.75. The van der Waals surface area contributed by atoms with E-state index in [1.165, 1.54) is 11.4 Å². The third-order valence-corrected chi connectivity index (χ3v) is 4.09. The van der Waals surface area contributed by atoms with Crippen LogP contribution in [0.25, 0.3) is 0 Å². The van der Waals surface area contributed by atoms with Gasteiger partial charge in [-0.2, -0.15) is 0 Å². The Kier molecular flexibility index (Phi) is 6.26. The number of nitrogens with one attached hydrogen (secondary N) is 1. The lowest BCUT2D eigenvalue weighted by molar-refractivity contribution is 0.161. The van der Waals surface area contributed by atoms with Gasteiger partial charge in [-0.15, -0.1) is 11.3 Å². The van der Waals surface area contributed by atoms with E-state index in [4.69, 9.17) is 4.74 Å². The van der Waals surface area contributed by atoms with Gasteiger partial charge in [0.05, 0.1) is 17.3 Å². The molecule has 1 rings (SSSR count). The van der Waals surface area contributed by atoms with Crippen LogP contribution < -0.4 is 5.32 Å². The Balaban J connectivity index is 2.49. The van der Waals surface area contributed by atoms with Crippen molar-refractivity contribution in [3.05, 3.63) is 16.1 Å². The number of hydrogen-bond donors (Lipinski definition) is 1. The second-order valence-electron chi connectivity index (χ2n) is 5.72. The smallest absolute Gasteiger partial charge is 0.0982 e. The normalized spacial score (nSPS) is 13.8. The molecule has 104 valence electrons. The van der Waals surface area contributed by atoms with Gasteiger partial charge >= 0.3 is 0 Å². The molecule has 0 aliphatic rings. The average Bonchev–Trinajstić information content (AvgIpc) is 2.75. The fraction of sp³-hybridized carbons (Fsp3) is 0.786. The van der Waals surface area contributed by atoms with Crippen LogP contribution in [0.5, 0.6) is 0 Å². The van der Waals surface area contributed by atoms with Crippen molar-refractivity contribution < 1.29 is 4.74 Å². The van der Waals surface area contributed by atoms with Crippen LogP contribution in [-0.2, 0) is 16.7 Å². The third-order valence-electron chi connectivity index (χ3n) is 2.77. The quantitative estimate of drug-likeness (QED) is 0.825. The van der Waals surface area contributed by atoms with Crippen LogP contribution >= 0.6 is 11.3 Å². The molecule has 0 aliphatic carbocycles. The molecule has 0 amide bonds. The van der Waals surface area contributed by atoms with E-state index in [0.29, 0.717) is 6.04 Å². The SMILES string of the molecule is CCCC(COC)NCc1csc(C(C)(C)C)n1. The van der Waals surface area contributed by atoms with Gasteiger partial charge in [0, 0.05) is 30.5 Å². The molecule has 0 radical (unpaired) electrons. The number of aromatic nitrogens is 1. The van der Waals surface area contributed by atoms with E-state index in [-0.39, 0.29) is 5.41 Å². The summed E-state index contributed by atoms with van der Waals surface area (Å²) < 4.78 is 5.22. The van der Waals surface area contributed by atoms with E-state index in [2.05, 4.69) is 43.4 Å². The molecule has 1 atom stereocenters. The summed E-state index contributed by atoms with van der Waals surface area (Å²) in [6.07, 6.45) is 2.31. The lowest BCUT2D eigenvalue weighted by Crippen LogP contribution is -2.32. The number of nitrogens with zero attached hydrogens (tertiary/aromatic N) is 1. The molecule has 0 saturated heterocycles. The molecule has 0 fully saturated rings. The van der Waals surface area contributed by atoms with Crippen LogP contribution in [0, 0.1) is 0 Å². The second-order valence-corrected chi connectivity index (χ2v) is 6.57. The van der Waals surface area contributed by atoms with E-state index in [1.54, 1.807) is 18.4 Å². The van der Waals surface area contributed by atoms with Crippen molar-refractivity contribution in [2.75, 3.05) is 13.7 Å². The lowest BCUT2D eigenvalue weighted by atomic mass is 9.98. The van der Waals surface area contributed by atoms with E-state index < -0.39 is 0 Å². The van der Waals surface area contributed by atoms with Crippen molar-refractivity contribution in [3.63, 3.8) is 0 Å². The average molecular weight is 270 g/mol. The summed E-state index contributed by atoms with van der Waals surface area (Å²) in [5, 5.41) is 6.88. The van der Waals surface area contributed by atoms with Crippen molar-refractivity contribution in [2.24, 2.45) is 0 Å². The van der Waals surface area contributed by atoms with Gasteiger partial charge in [-0.1, -0.05) is 34.1 Å². The maximum Gasteiger partial charge on any atom is 0.0982 e. The fourth-order valence-electron chi connectivity index (χ4n) is 1.78. The summed E-state index contributed by atoms with van der Waals surface area (Å²) in [4.78, 5) is 4.69. The molecule has 0 aromatic carbocycles. The highest BCUT2D eigenvalue weighted by molar-refractivity contribution is 7.09. The van der Waals surface area contributed by atoms with Crippen molar-refractivity contribution in [3.8, 4) is 0 Å². The molecule has 0 saturated carbocycles. The topological polar surface area (TPSA) is 34.1 Å². The van der Waals surface area contributed by atoms with E-state index in [0.717, 1.165) is 25.3 Å². The number of thiazole rings is 1. The molecule has 1 N–H and O–H groups in total. The van der Waals surface area contributed by atoms with Gasteiger partial charge in [0.15, 0.2) is 0 Å². The molecule has 1 aromatic heterocycles. The lowest BCUT2D eigenvalue weighted by Gasteiger charge is -2.16. The molecular formula is C14H26N2OS. The highest BCUT2D eigenvalue weighted by atomic mass is 32.1. The van der Waals surface area contributed by atoms with E-state index in [9.17, 15) is 0 Å². The Labute approximate surface area is 115 Å². The van der Waals surface area contributed by atoms with E-state index >= 15 is 0 Å². The minimum Gasteiger partial charge on any atom is -0.383 e. The summed E-state index contributed by atoms with van der Waals surface area (Å²) >= 11 is 1.75. The first-order valence-corrected chi connectivity index (χ1v) is 7.52. The standard InChI is InChI=1S/C14H26N2OS/c1-6-7-11(9-17-5)15-8-12-10-18-13(16-12)14(2,3)4/h10-11,15H,6-9H2,1-5H3. The molecule has 1 aromatic rings. The van der Waals surface area contributed by atoms with Crippen LogP contribution in [0.2, 0.25) is 0 Å². The van der Waals surface area contributed by atoms with Crippen LogP contribution in [0.15, 0.2) is 5.38 Å². The molecule has 0 aliphatic heterocycles. The molecule has 18 heavy (non-hydrogen) atoms. The zero-order valence-corrected chi connectivity index (χ0v) is 13.1. The number of rotatable bonds is 7. The van der Waals surface area contributed by atoms with Crippen LogP contribution in [-0.4, -0.2) is 24.7 Å². The molecule has 1 heterocycles. The highest BCUT2D eigenvalue weighted by Gasteiger charge is 2.18. The van der Waals surface area contributed by atoms with Crippen LogP contribution in [0.1, 0.15) is 51.2 Å². The first-order valence-electron chi connectivity index (χ1n) is 6.64. The first kappa shape index (κ1) is 15.6. The van der Waals surface area contributed by atoms with Gasteiger partial charge in [0.2, 0.25) is 0 Å². The summed E-state index contributed by atoms with van der Waals surface area (Å²) in [5.41, 5.74) is 1.29. The number of methoxy groups -OCH3 is 1. The Morgan fingerprint density at radius 2 is 2.17 bits per heavy atom. The molecular weight excluding hydrogens is 244 g/mol. The number of hydrogen-bond acceptors (Lipinski definition) is 4. The minimum absolute atomic E-state index is 0.151. The summed E-state index contributed by atoms with van der Waals surface area (Å²) in [6, 6.07) is 0.430. The zero-order chi connectivity index (χ0) is 13.6. The van der Waals surface area contributed by atoms with Crippen molar-refractivity contribution >= 4 is 11.3 Å². The van der Waals surface area contributed by atoms with Crippen LogP contribution in [0.4, 0.5) is 0 Å². The Morgan fingerprint density at radius 1 is 1.44 bits per heavy atom. The van der Waals surface area contributed by atoms with Crippen molar-refractivity contribution in [1.82, 2.24) is 10.3 Å². The minimum atomic E-state index is 0.151. The summed E-state index contributed by atoms with van der Waals surface area (Å²) in [5.74, 6) is 0. The van der Waals surface area contributed by atoms with Gasteiger partial charge in [-0.3, -0.25) is 0 Å². The molecule has 4 heteroatoms. The highest BCUT2D eigenvalue weighted by Crippen LogP contribution is 2.25. The number of ether oxygens (including phenoxy) is 1. The van der Waals surface area contributed by atoms with Gasteiger partial charge in [0.1, 0.15) is 0 Å². The largest absolute Gasteiger partial charge is 0.383 e. The fourth-order valence-corrected chi connectivity index (χ4v) is 2.68. The predicted molar refractivity (Wildman–Crippen MR) is 78.2 cm³/mol. The van der Waals surface area contributed by atoms with E-state index in [1.807, 2.05) is 0 Å². The van der Waals surface area contributed by atoms with Gasteiger partial charge in [-0.25, -0.2) is 4.98 Å². The molecule has 3 nitrogen and oxygen atoms in total. The zero-order valence-electron chi connectivity index (χ0n) is 12.2. The maximum absolute atomic E-state index is 5.22. The Hall–Kier alpha value is -0.450. The van der Waals surface area contributed by atoms with Gasteiger partial charge < -0.3 is 10.1 Å². The molecule has 1 unspecified atom stereocenters. The van der Waals surface area contributed by atoms with Crippen molar-refractivity contribution in [2.45, 2.75) is 58.5 Å². The molecule has 0 spiro atoms. The maximum atomic E-state index is 5.22. The summed E-state index contributed by atoms with van der Waals surface area (Å²) in [6.45, 7) is 10.4. The third kappa shape index (κ3) is 5.04. The van der Waals surface area contributed by atoms with Crippen LogP contribution in [0.3, 0.4) is 0 Å². The first-order chi connectivity index (χ1) is 8.47. The monoisotopic (exact) mass is 270 g/mol. The Bertz CT molecular complexity index is 338. The molecule has 0 bridgehead atoms. The van der Waals surface area contributed by atoms with Crippen molar-refractivity contribution in [1.29, 1.82) is 0 Å². The van der Waals surface area contributed by atoms with Gasteiger partial charge in [0.25, 0.3) is 0 Å². The van der Waals surface area contributed by atoms with Gasteiger partial charge in [-0.05, 0) is 6.42 Å². The second kappa shape index (κ2) is 7.22. The Morgan fingerprint density at radius 3 is 2.67 bits per heavy atom.